The van der Waals surface area contributed by atoms with Crippen LogP contribution < -0.4 is 5.73 Å². The van der Waals surface area contributed by atoms with Crippen molar-refractivity contribution in [2.75, 3.05) is 0 Å². The maximum Gasteiger partial charge on any atom is 0.139 e. The quantitative estimate of drug-likeness (QED) is 0.734. The van der Waals surface area contributed by atoms with Crippen LogP contribution in [0.3, 0.4) is 0 Å². The lowest BCUT2D eigenvalue weighted by molar-refractivity contribution is 1.07. The average Bonchev–Trinajstić information content (AvgIpc) is 2.80. The first-order chi connectivity index (χ1) is 9.19. The summed E-state index contributed by atoms with van der Waals surface area (Å²) in [6.07, 6.45) is 0. The van der Waals surface area contributed by atoms with Crippen molar-refractivity contribution in [3.8, 4) is 11.4 Å². The van der Waals surface area contributed by atoms with Crippen molar-refractivity contribution in [2.24, 2.45) is 5.73 Å². The number of nitrogens with two attached hydrogens (primary N) is 1. The van der Waals surface area contributed by atoms with Crippen molar-refractivity contribution in [3.63, 3.8) is 0 Å². The van der Waals surface area contributed by atoms with Crippen molar-refractivity contribution in [1.82, 2.24) is 9.97 Å². The topological polar surface area (TPSA) is 54.7 Å². The number of hydrogen-bond acceptors (Lipinski definition) is 2. The summed E-state index contributed by atoms with van der Waals surface area (Å²) in [6.45, 7) is 4.77. The number of nitrogens with zero attached hydrogens (tertiary/aromatic N) is 1. The molecule has 1 heterocycles. The maximum absolute atomic E-state index is 5.67. The van der Waals surface area contributed by atoms with Gasteiger partial charge in [-0.2, -0.15) is 0 Å². The van der Waals surface area contributed by atoms with Gasteiger partial charge in [0.25, 0.3) is 0 Å². The van der Waals surface area contributed by atoms with Crippen LogP contribution in [0, 0.1) is 13.8 Å². The summed E-state index contributed by atoms with van der Waals surface area (Å²) >= 11 is 0. The molecule has 2 aromatic carbocycles. The van der Waals surface area contributed by atoms with Crippen molar-refractivity contribution < 1.29 is 0 Å². The molecule has 0 aliphatic carbocycles. The second-order valence-electron chi connectivity index (χ2n) is 4.91. The molecule has 0 amide bonds. The highest BCUT2D eigenvalue weighted by molar-refractivity contribution is 5.81. The highest BCUT2D eigenvalue weighted by Crippen LogP contribution is 2.27. The minimum atomic E-state index is 0.549. The van der Waals surface area contributed by atoms with Crippen LogP contribution in [0.2, 0.25) is 0 Å². The average molecular weight is 251 g/mol. The van der Waals surface area contributed by atoms with E-state index in [-0.39, 0.29) is 0 Å². The third-order valence-electron chi connectivity index (χ3n) is 3.50. The fourth-order valence-electron chi connectivity index (χ4n) is 2.49. The van der Waals surface area contributed by atoms with Gasteiger partial charge in [0.05, 0.1) is 11.0 Å². The Hall–Kier alpha value is -2.13. The summed E-state index contributed by atoms with van der Waals surface area (Å²) < 4.78 is 0. The second-order valence-corrected chi connectivity index (χ2v) is 4.91. The predicted molar refractivity (Wildman–Crippen MR) is 78.9 cm³/mol. The number of H-pyrrole nitrogens is 1. The lowest BCUT2D eigenvalue weighted by Crippen LogP contribution is -1.95. The second kappa shape index (κ2) is 4.52. The van der Waals surface area contributed by atoms with Gasteiger partial charge < -0.3 is 10.7 Å². The first kappa shape index (κ1) is 11.9. The number of nitrogens with one attached hydrogen (secondary N) is 1. The molecule has 0 atom stereocenters. The van der Waals surface area contributed by atoms with Crippen molar-refractivity contribution in [3.05, 3.63) is 53.1 Å². The van der Waals surface area contributed by atoms with E-state index in [2.05, 4.69) is 48.1 Å². The van der Waals surface area contributed by atoms with Crippen LogP contribution >= 0.6 is 0 Å². The van der Waals surface area contributed by atoms with Crippen LogP contribution in [0.5, 0.6) is 0 Å². The SMILES string of the molecule is Cc1cccc(C)c1-c1nc2ccc(CN)cc2[nH]1. The standard InChI is InChI=1S/C16H17N3/c1-10-4-3-5-11(2)15(10)16-18-13-7-6-12(9-17)8-14(13)19-16/h3-8H,9,17H2,1-2H3,(H,18,19). The van der Waals surface area contributed by atoms with Crippen LogP contribution in [0.4, 0.5) is 0 Å². The van der Waals surface area contributed by atoms with E-state index in [1.54, 1.807) is 0 Å². The maximum atomic E-state index is 5.67. The molecule has 1 aromatic heterocycles. The molecule has 0 bridgehead atoms. The molecular weight excluding hydrogens is 234 g/mol. The molecule has 0 radical (unpaired) electrons. The fourth-order valence-corrected chi connectivity index (χ4v) is 2.49. The Morgan fingerprint density at radius 1 is 1.11 bits per heavy atom. The zero-order chi connectivity index (χ0) is 13.4. The van der Waals surface area contributed by atoms with Gasteiger partial charge >= 0.3 is 0 Å². The van der Waals surface area contributed by atoms with Gasteiger partial charge in [0, 0.05) is 12.1 Å². The van der Waals surface area contributed by atoms with Crippen molar-refractivity contribution in [1.29, 1.82) is 0 Å². The smallest absolute Gasteiger partial charge is 0.139 e. The van der Waals surface area contributed by atoms with E-state index in [0.717, 1.165) is 22.4 Å². The van der Waals surface area contributed by atoms with E-state index in [0.29, 0.717) is 6.54 Å². The first-order valence-electron chi connectivity index (χ1n) is 6.44. The van der Waals surface area contributed by atoms with Crippen LogP contribution in [0.15, 0.2) is 36.4 Å². The predicted octanol–water partition coefficient (Wildman–Crippen LogP) is 3.31. The summed E-state index contributed by atoms with van der Waals surface area (Å²) in [6, 6.07) is 12.4. The highest BCUT2D eigenvalue weighted by atomic mass is 14.9. The monoisotopic (exact) mass is 251 g/mol. The Kier molecular flexibility index (Phi) is 2.84. The molecule has 0 fully saturated rings. The van der Waals surface area contributed by atoms with Gasteiger partial charge in [-0.3, -0.25) is 0 Å². The largest absolute Gasteiger partial charge is 0.338 e. The van der Waals surface area contributed by atoms with E-state index in [1.165, 1.54) is 16.7 Å². The molecule has 0 saturated heterocycles. The van der Waals surface area contributed by atoms with Crippen LogP contribution in [0.25, 0.3) is 22.4 Å². The molecule has 0 aliphatic heterocycles. The normalized spacial score (nSPS) is 11.1. The van der Waals surface area contributed by atoms with Gasteiger partial charge in [-0.25, -0.2) is 4.98 Å². The summed E-state index contributed by atoms with van der Waals surface area (Å²) in [5, 5.41) is 0. The van der Waals surface area contributed by atoms with Gasteiger partial charge in [-0.05, 0) is 42.7 Å². The number of benzene rings is 2. The molecule has 96 valence electrons. The molecular formula is C16H17N3. The zero-order valence-corrected chi connectivity index (χ0v) is 11.2. The van der Waals surface area contributed by atoms with E-state index in [9.17, 15) is 0 Å². The summed E-state index contributed by atoms with van der Waals surface area (Å²) in [7, 11) is 0. The fraction of sp³-hybridized carbons (Fsp3) is 0.188. The third-order valence-corrected chi connectivity index (χ3v) is 3.50. The van der Waals surface area contributed by atoms with E-state index in [1.807, 2.05) is 12.1 Å². The molecule has 0 aliphatic rings. The molecule has 3 rings (SSSR count). The minimum Gasteiger partial charge on any atom is -0.338 e. The lowest BCUT2D eigenvalue weighted by atomic mass is 10.0. The molecule has 0 spiro atoms. The van der Waals surface area contributed by atoms with Gasteiger partial charge in [0.15, 0.2) is 0 Å². The number of aromatic amines is 1. The molecule has 0 unspecified atom stereocenters. The van der Waals surface area contributed by atoms with Gasteiger partial charge in [-0.1, -0.05) is 24.3 Å². The number of imidazole rings is 1. The Morgan fingerprint density at radius 3 is 2.53 bits per heavy atom. The summed E-state index contributed by atoms with van der Waals surface area (Å²) in [5.74, 6) is 0.930. The zero-order valence-electron chi connectivity index (χ0n) is 11.2. The lowest BCUT2D eigenvalue weighted by Gasteiger charge is -2.05. The number of rotatable bonds is 2. The molecule has 3 nitrogen and oxygen atoms in total. The molecule has 3 aromatic rings. The molecule has 0 saturated carbocycles. The summed E-state index contributed by atoms with van der Waals surface area (Å²) in [5.41, 5.74) is 12.5. The van der Waals surface area contributed by atoms with Crippen LogP contribution in [-0.4, -0.2) is 9.97 Å². The number of fused-ring (bicyclic) bond motifs is 1. The Balaban J connectivity index is 2.21. The van der Waals surface area contributed by atoms with E-state index in [4.69, 9.17) is 5.73 Å². The Morgan fingerprint density at radius 2 is 1.84 bits per heavy atom. The highest BCUT2D eigenvalue weighted by Gasteiger charge is 2.10. The van der Waals surface area contributed by atoms with Crippen molar-refractivity contribution in [2.45, 2.75) is 20.4 Å². The molecule has 3 N–H and O–H groups in total. The van der Waals surface area contributed by atoms with Crippen LogP contribution in [0.1, 0.15) is 16.7 Å². The molecule has 19 heavy (non-hydrogen) atoms. The molecule has 3 heteroatoms. The summed E-state index contributed by atoms with van der Waals surface area (Å²) in [4.78, 5) is 8.09. The van der Waals surface area contributed by atoms with Gasteiger partial charge in [0.2, 0.25) is 0 Å². The third kappa shape index (κ3) is 2.02. The van der Waals surface area contributed by atoms with E-state index < -0.39 is 0 Å². The number of aromatic nitrogens is 2. The number of aryl methyl sites for hydroxylation is 2. The number of hydrogen-bond donors (Lipinski definition) is 2. The van der Waals surface area contributed by atoms with Crippen LogP contribution in [-0.2, 0) is 6.54 Å². The minimum absolute atomic E-state index is 0.549. The van der Waals surface area contributed by atoms with Gasteiger partial charge in [0.1, 0.15) is 5.82 Å². The van der Waals surface area contributed by atoms with Crippen molar-refractivity contribution >= 4 is 11.0 Å². The Bertz CT molecular complexity index is 721. The first-order valence-corrected chi connectivity index (χ1v) is 6.44. The van der Waals surface area contributed by atoms with E-state index >= 15 is 0 Å². The van der Waals surface area contributed by atoms with Gasteiger partial charge in [-0.15, -0.1) is 0 Å². The Labute approximate surface area is 112 Å².